The summed E-state index contributed by atoms with van der Waals surface area (Å²) >= 11 is 0. The van der Waals surface area contributed by atoms with Crippen LogP contribution in [0.1, 0.15) is 18.1 Å². The van der Waals surface area contributed by atoms with Gasteiger partial charge in [-0.3, -0.25) is 9.59 Å². The topological polar surface area (TPSA) is 77.1 Å². The maximum Gasteiger partial charge on any atom is 0.282 e. The average molecular weight is 459 g/mol. The van der Waals surface area contributed by atoms with E-state index in [0.717, 1.165) is 10.5 Å². The highest BCUT2D eigenvalue weighted by Crippen LogP contribution is 2.38. The largest absolute Gasteiger partial charge is 0.497 e. The second-order valence-corrected chi connectivity index (χ2v) is 7.69. The number of amides is 2. The number of rotatable bonds is 8. The molecule has 3 aromatic rings. The van der Waals surface area contributed by atoms with Gasteiger partial charge in [0.15, 0.2) is 0 Å². The fraction of sp³-hybridized carbons (Fsp3) is 0.185. The highest BCUT2D eigenvalue weighted by molar-refractivity contribution is 6.46. The van der Waals surface area contributed by atoms with Crippen molar-refractivity contribution in [1.29, 1.82) is 0 Å². The van der Waals surface area contributed by atoms with E-state index < -0.39 is 11.8 Å². The van der Waals surface area contributed by atoms with E-state index in [2.05, 4.69) is 5.32 Å². The van der Waals surface area contributed by atoms with E-state index in [4.69, 9.17) is 14.2 Å². The summed E-state index contributed by atoms with van der Waals surface area (Å²) in [6.45, 7) is 4.31. The summed E-state index contributed by atoms with van der Waals surface area (Å²) < 4.78 is 16.4. The lowest BCUT2D eigenvalue weighted by molar-refractivity contribution is -0.120. The Hall–Kier alpha value is -4.26. The number of imide groups is 1. The van der Waals surface area contributed by atoms with E-state index in [0.29, 0.717) is 40.8 Å². The molecule has 1 N–H and O–H groups in total. The average Bonchev–Trinajstić information content (AvgIpc) is 3.09. The second kappa shape index (κ2) is 9.70. The first-order chi connectivity index (χ1) is 16.5. The molecule has 0 atom stereocenters. The quantitative estimate of drug-likeness (QED) is 0.489. The van der Waals surface area contributed by atoms with Crippen LogP contribution in [0.15, 0.2) is 72.4 Å². The molecule has 0 bridgehead atoms. The predicted octanol–water partition coefficient (Wildman–Crippen LogP) is 4.81. The van der Waals surface area contributed by atoms with Gasteiger partial charge in [-0.25, -0.2) is 4.90 Å². The van der Waals surface area contributed by atoms with Crippen molar-refractivity contribution in [3.8, 4) is 17.2 Å². The molecule has 7 nitrogen and oxygen atoms in total. The molecular formula is C27H26N2O5. The van der Waals surface area contributed by atoms with Gasteiger partial charge in [-0.2, -0.15) is 0 Å². The Kier molecular flexibility index (Phi) is 6.54. The van der Waals surface area contributed by atoms with Crippen molar-refractivity contribution in [1.82, 2.24) is 0 Å². The van der Waals surface area contributed by atoms with Crippen molar-refractivity contribution >= 4 is 28.8 Å². The zero-order valence-corrected chi connectivity index (χ0v) is 19.5. The lowest BCUT2D eigenvalue weighted by atomic mass is 10.0. The fourth-order valence-electron chi connectivity index (χ4n) is 3.78. The number of aryl methyl sites for hydroxylation is 1. The van der Waals surface area contributed by atoms with Gasteiger partial charge in [-0.15, -0.1) is 0 Å². The predicted molar refractivity (Wildman–Crippen MR) is 131 cm³/mol. The van der Waals surface area contributed by atoms with Crippen molar-refractivity contribution in [2.24, 2.45) is 0 Å². The molecule has 0 aromatic heterocycles. The SMILES string of the molecule is CCOc1ccccc1NC1=C(c2ccc(C)cc2)C(=O)N(c2cc(OC)cc(OC)c2)C1=O. The van der Waals surface area contributed by atoms with Gasteiger partial charge in [0.05, 0.1) is 37.8 Å². The summed E-state index contributed by atoms with van der Waals surface area (Å²) in [6, 6.07) is 19.7. The number of nitrogens with one attached hydrogen (secondary N) is 1. The van der Waals surface area contributed by atoms with Crippen LogP contribution in [0.25, 0.3) is 5.57 Å². The molecule has 1 aliphatic rings. The van der Waals surface area contributed by atoms with Gasteiger partial charge < -0.3 is 19.5 Å². The van der Waals surface area contributed by atoms with Crippen LogP contribution in [0.3, 0.4) is 0 Å². The highest BCUT2D eigenvalue weighted by Gasteiger charge is 2.41. The number of para-hydroxylation sites is 2. The Balaban J connectivity index is 1.84. The molecule has 0 spiro atoms. The molecule has 0 saturated carbocycles. The number of benzene rings is 3. The molecule has 1 heterocycles. The van der Waals surface area contributed by atoms with Gasteiger partial charge in [0.1, 0.15) is 22.9 Å². The van der Waals surface area contributed by atoms with Crippen LogP contribution in [0.2, 0.25) is 0 Å². The molecule has 1 aliphatic heterocycles. The minimum atomic E-state index is -0.484. The van der Waals surface area contributed by atoms with Crippen molar-refractivity contribution in [2.45, 2.75) is 13.8 Å². The molecule has 0 radical (unpaired) electrons. The highest BCUT2D eigenvalue weighted by atomic mass is 16.5. The number of carbonyl (C=O) groups excluding carboxylic acids is 2. The smallest absolute Gasteiger partial charge is 0.282 e. The van der Waals surface area contributed by atoms with Crippen LogP contribution in [-0.2, 0) is 9.59 Å². The Labute approximate surface area is 198 Å². The van der Waals surface area contributed by atoms with Crippen LogP contribution in [0, 0.1) is 6.92 Å². The van der Waals surface area contributed by atoms with Crippen LogP contribution >= 0.6 is 0 Å². The Morgan fingerprint density at radius 3 is 2.12 bits per heavy atom. The van der Waals surface area contributed by atoms with Crippen LogP contribution in [0.5, 0.6) is 17.2 Å². The van der Waals surface area contributed by atoms with Crippen molar-refractivity contribution in [3.05, 3.63) is 83.6 Å². The molecule has 0 fully saturated rings. The first-order valence-corrected chi connectivity index (χ1v) is 10.9. The van der Waals surface area contributed by atoms with Gasteiger partial charge in [-0.1, -0.05) is 42.0 Å². The summed E-state index contributed by atoms with van der Waals surface area (Å²) in [6.07, 6.45) is 0. The molecule has 4 rings (SSSR count). The Bertz CT molecular complexity index is 1240. The zero-order valence-electron chi connectivity index (χ0n) is 19.5. The molecule has 7 heteroatoms. The molecule has 3 aromatic carbocycles. The molecule has 0 saturated heterocycles. The summed E-state index contributed by atoms with van der Waals surface area (Å²) in [5.74, 6) is 0.593. The minimum absolute atomic E-state index is 0.169. The third-order valence-corrected chi connectivity index (χ3v) is 5.47. The number of hydrogen-bond donors (Lipinski definition) is 1. The Morgan fingerprint density at radius 2 is 1.50 bits per heavy atom. The van der Waals surface area contributed by atoms with Gasteiger partial charge in [0.2, 0.25) is 0 Å². The van der Waals surface area contributed by atoms with E-state index in [-0.39, 0.29) is 11.3 Å². The third-order valence-electron chi connectivity index (χ3n) is 5.47. The maximum absolute atomic E-state index is 13.7. The first-order valence-electron chi connectivity index (χ1n) is 10.9. The lowest BCUT2D eigenvalue weighted by Gasteiger charge is -2.18. The summed E-state index contributed by atoms with van der Waals surface area (Å²) in [7, 11) is 3.03. The number of anilines is 2. The van der Waals surface area contributed by atoms with Crippen molar-refractivity contribution in [3.63, 3.8) is 0 Å². The van der Waals surface area contributed by atoms with Crippen LogP contribution in [-0.4, -0.2) is 32.6 Å². The summed E-state index contributed by atoms with van der Waals surface area (Å²) in [5.41, 5.74) is 3.08. The number of hydrogen-bond acceptors (Lipinski definition) is 6. The molecular weight excluding hydrogens is 432 g/mol. The standard InChI is InChI=1S/C27H26N2O5/c1-5-34-23-9-7-6-8-22(23)28-25-24(18-12-10-17(2)11-13-18)26(30)29(27(25)31)19-14-20(32-3)16-21(15-19)33-4/h6-16,28H,5H2,1-4H3. The zero-order chi connectivity index (χ0) is 24.2. The minimum Gasteiger partial charge on any atom is -0.497 e. The first kappa shape index (κ1) is 22.9. The summed E-state index contributed by atoms with van der Waals surface area (Å²) in [5, 5.41) is 3.17. The number of methoxy groups -OCH3 is 2. The van der Waals surface area contributed by atoms with Crippen molar-refractivity contribution < 1.29 is 23.8 Å². The monoisotopic (exact) mass is 458 g/mol. The third kappa shape index (κ3) is 4.32. The number of ether oxygens (including phenoxy) is 3. The normalized spacial score (nSPS) is 13.4. The van der Waals surface area contributed by atoms with E-state index in [1.165, 1.54) is 14.2 Å². The number of nitrogens with zero attached hydrogens (tertiary/aromatic N) is 1. The van der Waals surface area contributed by atoms with E-state index in [1.54, 1.807) is 24.3 Å². The van der Waals surface area contributed by atoms with Gasteiger partial charge in [0, 0.05) is 18.2 Å². The lowest BCUT2D eigenvalue weighted by Crippen LogP contribution is -2.32. The Morgan fingerprint density at radius 1 is 0.853 bits per heavy atom. The van der Waals surface area contributed by atoms with Gasteiger partial charge in [-0.05, 0) is 31.5 Å². The van der Waals surface area contributed by atoms with Crippen LogP contribution in [0.4, 0.5) is 11.4 Å². The molecule has 2 amide bonds. The summed E-state index contributed by atoms with van der Waals surface area (Å²) in [4.78, 5) is 28.5. The van der Waals surface area contributed by atoms with Crippen molar-refractivity contribution in [2.75, 3.05) is 31.0 Å². The van der Waals surface area contributed by atoms with Crippen LogP contribution < -0.4 is 24.4 Å². The maximum atomic E-state index is 13.7. The number of carbonyl (C=O) groups is 2. The fourth-order valence-corrected chi connectivity index (χ4v) is 3.78. The van der Waals surface area contributed by atoms with E-state index in [1.807, 2.05) is 56.3 Å². The molecule has 0 aliphatic carbocycles. The second-order valence-electron chi connectivity index (χ2n) is 7.69. The van der Waals surface area contributed by atoms with Gasteiger partial charge >= 0.3 is 0 Å². The molecule has 34 heavy (non-hydrogen) atoms. The van der Waals surface area contributed by atoms with E-state index >= 15 is 0 Å². The molecule has 174 valence electrons. The van der Waals surface area contributed by atoms with Gasteiger partial charge in [0.25, 0.3) is 11.8 Å². The molecule has 0 unspecified atom stereocenters. The van der Waals surface area contributed by atoms with E-state index in [9.17, 15) is 9.59 Å².